The van der Waals surface area contributed by atoms with Gasteiger partial charge >= 0.3 is 0 Å². The predicted octanol–water partition coefficient (Wildman–Crippen LogP) is 3.95. The Bertz CT molecular complexity index is 91.0. The highest BCUT2D eigenvalue weighted by atomic mass is 19.1. The first-order valence-electron chi connectivity index (χ1n) is 4.71. The SMILES string of the molecule is CCCC(C)(CCC)C(C)F. The van der Waals surface area contributed by atoms with Crippen LogP contribution in [0.5, 0.6) is 0 Å². The van der Waals surface area contributed by atoms with Gasteiger partial charge in [-0.25, -0.2) is 4.39 Å². The fourth-order valence-corrected chi connectivity index (χ4v) is 1.67. The van der Waals surface area contributed by atoms with Crippen LogP contribution in [0, 0.1) is 5.41 Å². The number of hydrogen-bond acceptors (Lipinski definition) is 0. The Morgan fingerprint density at radius 3 is 1.73 bits per heavy atom. The molecule has 0 radical (unpaired) electrons. The van der Waals surface area contributed by atoms with Gasteiger partial charge in [-0.3, -0.25) is 0 Å². The summed E-state index contributed by atoms with van der Waals surface area (Å²) in [6.45, 7) is 7.99. The van der Waals surface area contributed by atoms with E-state index in [0.717, 1.165) is 25.7 Å². The molecular formula is C10H21F. The average molecular weight is 160 g/mol. The fourth-order valence-electron chi connectivity index (χ4n) is 1.67. The van der Waals surface area contributed by atoms with Crippen LogP contribution in [0.15, 0.2) is 0 Å². The van der Waals surface area contributed by atoms with Gasteiger partial charge in [0.1, 0.15) is 6.17 Å². The Labute approximate surface area is 70.2 Å². The highest BCUT2D eigenvalue weighted by Gasteiger charge is 2.28. The molecule has 1 unspecified atom stereocenters. The fraction of sp³-hybridized carbons (Fsp3) is 1.00. The molecule has 0 aliphatic carbocycles. The van der Waals surface area contributed by atoms with Gasteiger partial charge in [-0.05, 0) is 25.2 Å². The van der Waals surface area contributed by atoms with E-state index in [0.29, 0.717) is 0 Å². The first-order chi connectivity index (χ1) is 5.06. The molecule has 0 amide bonds. The molecule has 0 bridgehead atoms. The lowest BCUT2D eigenvalue weighted by Gasteiger charge is -2.30. The summed E-state index contributed by atoms with van der Waals surface area (Å²) < 4.78 is 13.1. The lowest BCUT2D eigenvalue weighted by atomic mass is 9.78. The molecule has 0 aromatic rings. The zero-order chi connectivity index (χ0) is 8.91. The molecule has 0 N–H and O–H groups in total. The van der Waals surface area contributed by atoms with Gasteiger partial charge in [0.25, 0.3) is 0 Å². The second-order valence-corrected chi connectivity index (χ2v) is 3.77. The molecule has 1 atom stereocenters. The van der Waals surface area contributed by atoms with E-state index < -0.39 is 6.17 Å². The van der Waals surface area contributed by atoms with Crippen molar-refractivity contribution in [2.75, 3.05) is 0 Å². The molecule has 11 heavy (non-hydrogen) atoms. The van der Waals surface area contributed by atoms with E-state index in [-0.39, 0.29) is 5.41 Å². The van der Waals surface area contributed by atoms with Crippen LogP contribution in [0.1, 0.15) is 53.4 Å². The van der Waals surface area contributed by atoms with Gasteiger partial charge in [0.05, 0.1) is 0 Å². The molecule has 0 nitrogen and oxygen atoms in total. The summed E-state index contributed by atoms with van der Waals surface area (Å²) in [5, 5.41) is 0. The van der Waals surface area contributed by atoms with Crippen LogP contribution in [0.25, 0.3) is 0 Å². The minimum Gasteiger partial charge on any atom is -0.247 e. The van der Waals surface area contributed by atoms with Crippen LogP contribution in [-0.2, 0) is 0 Å². The third-order valence-electron chi connectivity index (χ3n) is 2.60. The highest BCUT2D eigenvalue weighted by molar-refractivity contribution is 4.78. The number of hydrogen-bond donors (Lipinski definition) is 0. The van der Waals surface area contributed by atoms with Gasteiger partial charge in [0, 0.05) is 0 Å². The van der Waals surface area contributed by atoms with E-state index >= 15 is 0 Å². The Kier molecular flexibility index (Phi) is 4.71. The predicted molar refractivity (Wildman–Crippen MR) is 48.5 cm³/mol. The maximum absolute atomic E-state index is 13.1. The van der Waals surface area contributed by atoms with Gasteiger partial charge in [0.15, 0.2) is 0 Å². The van der Waals surface area contributed by atoms with Crippen LogP contribution in [0.3, 0.4) is 0 Å². The third kappa shape index (κ3) is 3.22. The standard InChI is InChI=1S/C10H21F/c1-5-7-10(4,8-6-2)9(3)11/h9H,5-8H2,1-4H3. The molecule has 0 saturated heterocycles. The summed E-state index contributed by atoms with van der Waals surface area (Å²) in [4.78, 5) is 0. The molecule has 0 fully saturated rings. The second-order valence-electron chi connectivity index (χ2n) is 3.77. The largest absolute Gasteiger partial charge is 0.247 e. The van der Waals surface area contributed by atoms with Gasteiger partial charge in [-0.15, -0.1) is 0 Å². The number of alkyl halides is 1. The van der Waals surface area contributed by atoms with E-state index in [1.807, 2.05) is 0 Å². The monoisotopic (exact) mass is 160 g/mol. The van der Waals surface area contributed by atoms with Crippen molar-refractivity contribution in [3.8, 4) is 0 Å². The Hall–Kier alpha value is -0.0700. The van der Waals surface area contributed by atoms with Gasteiger partial charge in [-0.1, -0.05) is 33.6 Å². The molecule has 0 aliphatic rings. The Morgan fingerprint density at radius 1 is 1.18 bits per heavy atom. The quantitative estimate of drug-likeness (QED) is 0.571. The van der Waals surface area contributed by atoms with Gasteiger partial charge < -0.3 is 0 Å². The minimum absolute atomic E-state index is 0.0660. The van der Waals surface area contributed by atoms with Crippen molar-refractivity contribution in [1.29, 1.82) is 0 Å². The average Bonchev–Trinajstić information content (AvgIpc) is 1.88. The number of halogens is 1. The molecule has 68 valence electrons. The lowest BCUT2D eigenvalue weighted by Crippen LogP contribution is -2.26. The molecule has 0 aromatic heterocycles. The van der Waals surface area contributed by atoms with Gasteiger partial charge in [0.2, 0.25) is 0 Å². The van der Waals surface area contributed by atoms with Crippen molar-refractivity contribution >= 4 is 0 Å². The molecule has 1 heteroatoms. The summed E-state index contributed by atoms with van der Waals surface area (Å²) in [5.41, 5.74) is -0.0660. The lowest BCUT2D eigenvalue weighted by molar-refractivity contribution is 0.115. The van der Waals surface area contributed by atoms with Crippen molar-refractivity contribution in [2.45, 2.75) is 59.5 Å². The maximum atomic E-state index is 13.1. The topological polar surface area (TPSA) is 0 Å². The zero-order valence-corrected chi connectivity index (χ0v) is 8.28. The Balaban J connectivity index is 4.01. The summed E-state index contributed by atoms with van der Waals surface area (Å²) in [6.07, 6.45) is 3.54. The molecule has 0 heterocycles. The van der Waals surface area contributed by atoms with E-state index in [9.17, 15) is 4.39 Å². The molecular weight excluding hydrogens is 139 g/mol. The van der Waals surface area contributed by atoms with Crippen molar-refractivity contribution in [1.82, 2.24) is 0 Å². The van der Waals surface area contributed by atoms with Crippen molar-refractivity contribution < 1.29 is 4.39 Å². The second kappa shape index (κ2) is 4.74. The molecule has 0 aromatic carbocycles. The summed E-state index contributed by atoms with van der Waals surface area (Å²) in [7, 11) is 0. The maximum Gasteiger partial charge on any atom is 0.103 e. The van der Waals surface area contributed by atoms with Crippen LogP contribution in [-0.4, -0.2) is 6.17 Å². The van der Waals surface area contributed by atoms with Crippen LogP contribution in [0.4, 0.5) is 4.39 Å². The molecule has 0 spiro atoms. The Morgan fingerprint density at radius 2 is 1.55 bits per heavy atom. The van der Waals surface area contributed by atoms with E-state index in [2.05, 4.69) is 20.8 Å². The highest BCUT2D eigenvalue weighted by Crippen LogP contribution is 2.34. The van der Waals surface area contributed by atoms with Crippen molar-refractivity contribution in [3.05, 3.63) is 0 Å². The first kappa shape index (κ1) is 10.9. The number of rotatable bonds is 5. The van der Waals surface area contributed by atoms with E-state index in [1.165, 1.54) is 0 Å². The molecule has 0 aliphatic heterocycles. The molecule has 0 rings (SSSR count). The smallest absolute Gasteiger partial charge is 0.103 e. The normalized spacial score (nSPS) is 15.0. The van der Waals surface area contributed by atoms with Crippen LogP contribution < -0.4 is 0 Å². The van der Waals surface area contributed by atoms with Gasteiger partial charge in [-0.2, -0.15) is 0 Å². The minimum atomic E-state index is -0.664. The first-order valence-corrected chi connectivity index (χ1v) is 4.71. The zero-order valence-electron chi connectivity index (χ0n) is 8.28. The van der Waals surface area contributed by atoms with Crippen LogP contribution in [0.2, 0.25) is 0 Å². The summed E-state index contributed by atoms with van der Waals surface area (Å²) >= 11 is 0. The van der Waals surface area contributed by atoms with Crippen molar-refractivity contribution in [3.63, 3.8) is 0 Å². The van der Waals surface area contributed by atoms with Crippen molar-refractivity contribution in [2.24, 2.45) is 5.41 Å². The van der Waals surface area contributed by atoms with Crippen LogP contribution >= 0.6 is 0 Å². The summed E-state index contributed by atoms with van der Waals surface area (Å²) in [5.74, 6) is 0. The van der Waals surface area contributed by atoms with E-state index in [4.69, 9.17) is 0 Å². The summed E-state index contributed by atoms with van der Waals surface area (Å²) in [6, 6.07) is 0. The third-order valence-corrected chi connectivity index (χ3v) is 2.60. The van der Waals surface area contributed by atoms with E-state index in [1.54, 1.807) is 6.92 Å². The molecule has 0 saturated carbocycles.